The lowest BCUT2D eigenvalue weighted by Crippen LogP contribution is -2.31. The van der Waals surface area contributed by atoms with Gasteiger partial charge < -0.3 is 10.6 Å². The first-order valence-electron chi connectivity index (χ1n) is 6.80. The zero-order valence-corrected chi connectivity index (χ0v) is 12.6. The number of benzene rings is 1. The summed E-state index contributed by atoms with van der Waals surface area (Å²) >= 11 is 0. The lowest BCUT2D eigenvalue weighted by Gasteiger charge is -2.25. The van der Waals surface area contributed by atoms with Gasteiger partial charge in [-0.25, -0.2) is 8.42 Å². The summed E-state index contributed by atoms with van der Waals surface area (Å²) in [6.45, 7) is 5.28. The minimum absolute atomic E-state index is 0.190. The SMILES string of the molecule is CCCN(CCS(=O)(=O)CCC)c1ccccc1N. The molecule has 0 fully saturated rings. The summed E-state index contributed by atoms with van der Waals surface area (Å²) in [5.41, 5.74) is 7.58. The molecule has 0 heterocycles. The fourth-order valence-corrected chi connectivity index (χ4v) is 3.39. The molecule has 0 saturated carbocycles. The molecular weight excluding hydrogens is 260 g/mol. The van der Waals surface area contributed by atoms with E-state index in [9.17, 15) is 8.42 Å². The Bertz CT molecular complexity index is 486. The first kappa shape index (κ1) is 15.8. The van der Waals surface area contributed by atoms with E-state index in [1.165, 1.54) is 0 Å². The molecule has 0 amide bonds. The monoisotopic (exact) mass is 284 g/mol. The fourth-order valence-electron chi connectivity index (χ4n) is 2.06. The Balaban J connectivity index is 2.77. The van der Waals surface area contributed by atoms with Crippen LogP contribution in [0.25, 0.3) is 0 Å². The summed E-state index contributed by atoms with van der Waals surface area (Å²) in [5, 5.41) is 0. The first-order valence-corrected chi connectivity index (χ1v) is 8.62. The Hall–Kier alpha value is -1.23. The molecule has 2 N–H and O–H groups in total. The van der Waals surface area contributed by atoms with E-state index in [0.717, 1.165) is 18.7 Å². The van der Waals surface area contributed by atoms with Gasteiger partial charge in [0, 0.05) is 18.8 Å². The average molecular weight is 284 g/mol. The van der Waals surface area contributed by atoms with Gasteiger partial charge in [-0.3, -0.25) is 0 Å². The van der Waals surface area contributed by atoms with E-state index in [2.05, 4.69) is 11.8 Å². The second-order valence-electron chi connectivity index (χ2n) is 4.70. The molecule has 0 atom stereocenters. The van der Waals surface area contributed by atoms with Crippen molar-refractivity contribution in [2.24, 2.45) is 0 Å². The second kappa shape index (κ2) is 7.38. The third kappa shape index (κ3) is 5.11. The lowest BCUT2D eigenvalue weighted by molar-refractivity contribution is 0.593. The molecule has 0 bridgehead atoms. The number of nitrogen functional groups attached to an aromatic ring is 1. The van der Waals surface area contributed by atoms with Crippen LogP contribution in [-0.2, 0) is 9.84 Å². The fraction of sp³-hybridized carbons (Fsp3) is 0.571. The third-order valence-corrected chi connectivity index (χ3v) is 4.79. The summed E-state index contributed by atoms with van der Waals surface area (Å²) in [5.74, 6) is 0.451. The van der Waals surface area contributed by atoms with Crippen LogP contribution in [-0.4, -0.2) is 33.0 Å². The van der Waals surface area contributed by atoms with Crippen molar-refractivity contribution >= 4 is 21.2 Å². The maximum Gasteiger partial charge on any atom is 0.152 e. The molecule has 19 heavy (non-hydrogen) atoms. The highest BCUT2D eigenvalue weighted by atomic mass is 32.2. The van der Waals surface area contributed by atoms with E-state index in [1.54, 1.807) is 0 Å². The molecular formula is C14H24N2O2S. The maximum atomic E-state index is 11.8. The van der Waals surface area contributed by atoms with Crippen molar-refractivity contribution in [1.29, 1.82) is 0 Å². The van der Waals surface area contributed by atoms with Crippen molar-refractivity contribution in [3.05, 3.63) is 24.3 Å². The van der Waals surface area contributed by atoms with Crippen LogP contribution in [0.15, 0.2) is 24.3 Å². The molecule has 1 rings (SSSR count). The number of rotatable bonds is 8. The Kier molecular flexibility index (Phi) is 6.15. The maximum absolute atomic E-state index is 11.8. The Morgan fingerprint density at radius 3 is 2.32 bits per heavy atom. The topological polar surface area (TPSA) is 63.4 Å². The molecule has 0 aliphatic carbocycles. The van der Waals surface area contributed by atoms with Gasteiger partial charge in [-0.1, -0.05) is 26.0 Å². The van der Waals surface area contributed by atoms with Gasteiger partial charge in [0.2, 0.25) is 0 Å². The average Bonchev–Trinajstić information content (AvgIpc) is 2.35. The van der Waals surface area contributed by atoms with Crippen molar-refractivity contribution in [2.45, 2.75) is 26.7 Å². The van der Waals surface area contributed by atoms with Gasteiger partial charge in [-0.15, -0.1) is 0 Å². The number of sulfone groups is 1. The van der Waals surface area contributed by atoms with Crippen LogP contribution in [0, 0.1) is 0 Å². The lowest BCUT2D eigenvalue weighted by atomic mass is 10.2. The smallest absolute Gasteiger partial charge is 0.152 e. The quantitative estimate of drug-likeness (QED) is 0.744. The Morgan fingerprint density at radius 2 is 1.74 bits per heavy atom. The van der Waals surface area contributed by atoms with Crippen molar-refractivity contribution in [1.82, 2.24) is 0 Å². The number of para-hydroxylation sites is 2. The zero-order valence-electron chi connectivity index (χ0n) is 11.8. The summed E-state index contributed by atoms with van der Waals surface area (Å²) in [6.07, 6.45) is 1.63. The van der Waals surface area contributed by atoms with E-state index in [0.29, 0.717) is 18.7 Å². The number of anilines is 2. The summed E-state index contributed by atoms with van der Waals surface area (Å²) < 4.78 is 23.6. The zero-order chi connectivity index (χ0) is 14.3. The van der Waals surface area contributed by atoms with Gasteiger partial charge in [0.15, 0.2) is 9.84 Å². The van der Waals surface area contributed by atoms with Crippen molar-refractivity contribution in [3.8, 4) is 0 Å². The van der Waals surface area contributed by atoms with Crippen molar-refractivity contribution in [2.75, 3.05) is 35.2 Å². The largest absolute Gasteiger partial charge is 0.397 e. The highest BCUT2D eigenvalue weighted by molar-refractivity contribution is 7.91. The van der Waals surface area contributed by atoms with Crippen LogP contribution in [0.5, 0.6) is 0 Å². The molecule has 4 nitrogen and oxygen atoms in total. The van der Waals surface area contributed by atoms with Gasteiger partial charge >= 0.3 is 0 Å². The standard InChI is InChI=1S/C14H24N2O2S/c1-3-9-16(10-12-19(17,18)11-4-2)14-8-6-5-7-13(14)15/h5-8H,3-4,9-12,15H2,1-2H3. The van der Waals surface area contributed by atoms with E-state index < -0.39 is 9.84 Å². The van der Waals surface area contributed by atoms with Gasteiger partial charge in [0.1, 0.15) is 0 Å². The number of nitrogens with two attached hydrogens (primary N) is 1. The predicted molar refractivity (Wildman–Crippen MR) is 82.3 cm³/mol. The minimum atomic E-state index is -2.95. The van der Waals surface area contributed by atoms with Crippen molar-refractivity contribution in [3.63, 3.8) is 0 Å². The van der Waals surface area contributed by atoms with Crippen LogP contribution in [0.2, 0.25) is 0 Å². The molecule has 0 radical (unpaired) electrons. The predicted octanol–water partition coefficient (Wildman–Crippen LogP) is 2.31. The summed E-state index contributed by atoms with van der Waals surface area (Å²) in [4.78, 5) is 2.06. The van der Waals surface area contributed by atoms with E-state index in [1.807, 2.05) is 31.2 Å². The molecule has 0 aliphatic rings. The van der Waals surface area contributed by atoms with Crippen LogP contribution in [0.4, 0.5) is 11.4 Å². The van der Waals surface area contributed by atoms with Crippen LogP contribution in [0.1, 0.15) is 26.7 Å². The van der Waals surface area contributed by atoms with Gasteiger partial charge in [0.25, 0.3) is 0 Å². The van der Waals surface area contributed by atoms with Gasteiger partial charge in [-0.05, 0) is 25.0 Å². The van der Waals surface area contributed by atoms with Crippen LogP contribution in [0.3, 0.4) is 0 Å². The number of hydrogen-bond acceptors (Lipinski definition) is 4. The molecule has 0 aliphatic heterocycles. The first-order chi connectivity index (χ1) is 9.00. The molecule has 0 spiro atoms. The number of hydrogen-bond donors (Lipinski definition) is 1. The highest BCUT2D eigenvalue weighted by Gasteiger charge is 2.14. The third-order valence-electron chi connectivity index (χ3n) is 2.96. The van der Waals surface area contributed by atoms with Crippen LogP contribution >= 0.6 is 0 Å². The Labute approximate surface area is 116 Å². The minimum Gasteiger partial charge on any atom is -0.397 e. The molecule has 108 valence electrons. The summed E-state index contributed by atoms with van der Waals surface area (Å²) in [7, 11) is -2.95. The van der Waals surface area contributed by atoms with Gasteiger partial charge in [0.05, 0.1) is 17.1 Å². The molecule has 1 aromatic carbocycles. The number of nitrogens with zero attached hydrogens (tertiary/aromatic N) is 1. The van der Waals surface area contributed by atoms with Crippen LogP contribution < -0.4 is 10.6 Å². The molecule has 5 heteroatoms. The van der Waals surface area contributed by atoms with E-state index >= 15 is 0 Å². The normalized spacial score (nSPS) is 11.5. The van der Waals surface area contributed by atoms with Crippen molar-refractivity contribution < 1.29 is 8.42 Å². The van der Waals surface area contributed by atoms with Gasteiger partial charge in [-0.2, -0.15) is 0 Å². The summed E-state index contributed by atoms with van der Waals surface area (Å²) in [6, 6.07) is 7.60. The Morgan fingerprint density at radius 1 is 1.05 bits per heavy atom. The van der Waals surface area contributed by atoms with E-state index in [-0.39, 0.29) is 11.5 Å². The molecule has 0 aromatic heterocycles. The second-order valence-corrected chi connectivity index (χ2v) is 7.00. The molecule has 0 unspecified atom stereocenters. The van der Waals surface area contributed by atoms with E-state index in [4.69, 9.17) is 5.73 Å². The molecule has 1 aromatic rings. The highest BCUT2D eigenvalue weighted by Crippen LogP contribution is 2.22. The molecule has 0 saturated heterocycles.